The lowest BCUT2D eigenvalue weighted by atomic mass is 9.89. The Bertz CT molecular complexity index is 1380. The molecule has 1 fully saturated rings. The van der Waals surface area contributed by atoms with E-state index in [4.69, 9.17) is 27.9 Å². The summed E-state index contributed by atoms with van der Waals surface area (Å²) in [4.78, 5) is 48.4. The van der Waals surface area contributed by atoms with Crippen LogP contribution in [0, 0.1) is 0 Å². The minimum atomic E-state index is -5.39. The number of aromatic nitrogens is 1. The molecule has 0 spiro atoms. The normalized spacial score (nSPS) is 17.0. The number of pyridine rings is 1. The topological polar surface area (TPSA) is 116 Å². The van der Waals surface area contributed by atoms with Crippen LogP contribution in [0.3, 0.4) is 0 Å². The van der Waals surface area contributed by atoms with Crippen LogP contribution < -0.4 is 10.6 Å². The number of alkyl halides is 3. The van der Waals surface area contributed by atoms with E-state index in [0.29, 0.717) is 12.2 Å². The summed E-state index contributed by atoms with van der Waals surface area (Å²) in [6.45, 7) is 0.335. The molecule has 1 unspecified atom stereocenters. The Labute approximate surface area is 248 Å². The number of ether oxygens (including phenoxy) is 1. The van der Waals surface area contributed by atoms with Crippen LogP contribution in [0.25, 0.3) is 0 Å². The molecule has 0 radical (unpaired) electrons. The average molecular weight is 626 g/mol. The van der Waals surface area contributed by atoms with Crippen LogP contribution >= 0.6 is 23.2 Å². The Kier molecular flexibility index (Phi) is 10.3. The summed E-state index contributed by atoms with van der Waals surface area (Å²) in [6.07, 6.45) is -2.16. The number of rotatable bonds is 10. The van der Waals surface area contributed by atoms with E-state index in [-0.39, 0.29) is 34.2 Å². The first kappa shape index (κ1) is 31.1. The summed E-state index contributed by atoms with van der Waals surface area (Å²) in [5.74, 6) is -4.26. The highest BCUT2D eigenvalue weighted by molar-refractivity contribution is 6.39. The second kappa shape index (κ2) is 13.9. The van der Waals surface area contributed by atoms with E-state index < -0.39 is 30.1 Å². The van der Waals surface area contributed by atoms with Crippen molar-refractivity contribution >= 4 is 46.9 Å². The number of carbonyl (C=O) groups excluding carboxylic acids is 3. The third-order valence-electron chi connectivity index (χ3n) is 6.27. The van der Waals surface area contributed by atoms with Gasteiger partial charge in [-0.3, -0.25) is 4.79 Å². The lowest BCUT2D eigenvalue weighted by molar-refractivity contribution is -0.286. The molecule has 222 valence electrons. The highest BCUT2D eigenvalue weighted by Crippen LogP contribution is 2.27. The molecule has 14 heteroatoms. The fourth-order valence-corrected chi connectivity index (χ4v) is 4.59. The Balaban J connectivity index is 1.34. The van der Waals surface area contributed by atoms with Gasteiger partial charge in [-0.1, -0.05) is 59.6 Å². The number of benzene rings is 2. The summed E-state index contributed by atoms with van der Waals surface area (Å²) >= 11 is 12.1. The lowest BCUT2D eigenvalue weighted by Gasteiger charge is -2.36. The average Bonchev–Trinajstić information content (AvgIpc) is 2.93. The number of anilines is 1. The zero-order valence-corrected chi connectivity index (χ0v) is 23.2. The first-order chi connectivity index (χ1) is 20.0. The van der Waals surface area contributed by atoms with Gasteiger partial charge in [0.2, 0.25) is 0 Å². The third-order valence-corrected chi connectivity index (χ3v) is 6.90. The van der Waals surface area contributed by atoms with Crippen molar-refractivity contribution in [3.63, 3.8) is 0 Å². The number of nitrogens with zero attached hydrogens (tertiary/aromatic N) is 1. The standard InChI is InChI=1S/C28H24Cl2F3N3O6/c29-20-4-3-5-21(30)24(20)25(37)36-22(26(38)41-42-27(39)28(31,32)33)12-16-7-9-17(10-8-16)15-40-19-13-18(14-19)35-23-6-1-2-11-34-23/h1-11,18-19,22H,12-15H2,(H,34,35)(H,36,37). The Morgan fingerprint density at radius 2 is 1.60 bits per heavy atom. The highest BCUT2D eigenvalue weighted by Gasteiger charge is 2.43. The van der Waals surface area contributed by atoms with E-state index in [1.54, 1.807) is 30.5 Å². The van der Waals surface area contributed by atoms with Gasteiger partial charge < -0.3 is 15.4 Å². The molecule has 1 aliphatic rings. The van der Waals surface area contributed by atoms with Gasteiger partial charge >= 0.3 is 18.1 Å². The summed E-state index contributed by atoms with van der Waals surface area (Å²) in [6, 6.07) is 15.4. The molecule has 1 aliphatic carbocycles. The van der Waals surface area contributed by atoms with Crippen molar-refractivity contribution in [2.24, 2.45) is 0 Å². The van der Waals surface area contributed by atoms with Gasteiger partial charge in [0.1, 0.15) is 11.9 Å². The summed E-state index contributed by atoms with van der Waals surface area (Å²) < 4.78 is 43.4. The molecule has 42 heavy (non-hydrogen) atoms. The molecule has 0 aliphatic heterocycles. The molecule has 2 aromatic carbocycles. The molecule has 1 amide bonds. The van der Waals surface area contributed by atoms with Crippen LogP contribution in [0.4, 0.5) is 19.0 Å². The number of hydrogen-bond donors (Lipinski definition) is 2. The van der Waals surface area contributed by atoms with Gasteiger partial charge in [0.25, 0.3) is 5.91 Å². The van der Waals surface area contributed by atoms with E-state index in [0.717, 1.165) is 24.2 Å². The fraction of sp³-hybridized carbons (Fsp3) is 0.286. The van der Waals surface area contributed by atoms with E-state index in [2.05, 4.69) is 25.4 Å². The molecular weight excluding hydrogens is 602 g/mol. The minimum Gasteiger partial charge on any atom is -0.373 e. The second-order valence-electron chi connectivity index (χ2n) is 9.37. The first-order valence-corrected chi connectivity index (χ1v) is 13.4. The minimum absolute atomic E-state index is 0.0229. The molecule has 1 aromatic heterocycles. The molecule has 9 nitrogen and oxygen atoms in total. The van der Waals surface area contributed by atoms with Gasteiger partial charge in [0, 0.05) is 18.7 Å². The van der Waals surface area contributed by atoms with E-state index in [9.17, 15) is 27.6 Å². The third kappa shape index (κ3) is 8.57. The monoisotopic (exact) mass is 625 g/mol. The summed E-state index contributed by atoms with van der Waals surface area (Å²) in [5, 5.41) is 5.62. The van der Waals surface area contributed by atoms with Gasteiger partial charge in [0.05, 0.1) is 28.3 Å². The lowest BCUT2D eigenvalue weighted by Crippen LogP contribution is -2.44. The van der Waals surface area contributed by atoms with E-state index in [1.165, 1.54) is 18.2 Å². The maximum absolute atomic E-state index is 12.9. The van der Waals surface area contributed by atoms with Crippen molar-refractivity contribution < 1.29 is 42.1 Å². The largest absolute Gasteiger partial charge is 0.495 e. The first-order valence-electron chi connectivity index (χ1n) is 12.6. The Hall–Kier alpha value is -3.87. The molecule has 3 aromatic rings. The Morgan fingerprint density at radius 1 is 0.929 bits per heavy atom. The Morgan fingerprint density at radius 3 is 2.21 bits per heavy atom. The van der Waals surface area contributed by atoms with Crippen molar-refractivity contribution in [3.05, 3.63) is 93.6 Å². The molecule has 2 N–H and O–H groups in total. The summed E-state index contributed by atoms with van der Waals surface area (Å²) in [5.41, 5.74) is 1.19. The van der Waals surface area contributed by atoms with E-state index in [1.807, 2.05) is 18.2 Å². The van der Waals surface area contributed by atoms with Crippen LogP contribution in [0.1, 0.15) is 34.3 Å². The number of hydrogen-bond acceptors (Lipinski definition) is 8. The molecule has 1 heterocycles. The smallest absolute Gasteiger partial charge is 0.373 e. The molecular formula is C28H24Cl2F3N3O6. The zero-order valence-electron chi connectivity index (χ0n) is 21.7. The predicted molar refractivity (Wildman–Crippen MR) is 146 cm³/mol. The second-order valence-corrected chi connectivity index (χ2v) is 10.2. The molecule has 1 atom stereocenters. The van der Waals surface area contributed by atoms with Crippen molar-refractivity contribution in [1.29, 1.82) is 0 Å². The van der Waals surface area contributed by atoms with Crippen molar-refractivity contribution in [2.45, 2.75) is 50.2 Å². The molecule has 1 saturated carbocycles. The number of halogens is 5. The van der Waals surface area contributed by atoms with Crippen LogP contribution in [0.15, 0.2) is 66.9 Å². The SMILES string of the molecule is O=C(NC(Cc1ccc(COC2CC(Nc3ccccn3)C2)cc1)C(=O)OOC(=O)C(F)(F)F)c1c(Cl)cccc1Cl. The molecule has 0 saturated heterocycles. The molecule has 4 rings (SSSR count). The number of amides is 1. The van der Waals surface area contributed by atoms with E-state index >= 15 is 0 Å². The number of carbonyl (C=O) groups is 3. The predicted octanol–water partition coefficient (Wildman–Crippen LogP) is 5.45. The van der Waals surface area contributed by atoms with Gasteiger partial charge in [-0.15, -0.1) is 0 Å². The van der Waals surface area contributed by atoms with Gasteiger partial charge in [-0.05, 0) is 48.2 Å². The van der Waals surface area contributed by atoms with Gasteiger partial charge in [-0.2, -0.15) is 13.2 Å². The van der Waals surface area contributed by atoms with Crippen LogP contribution in [0.5, 0.6) is 0 Å². The van der Waals surface area contributed by atoms with Crippen LogP contribution in [-0.2, 0) is 37.1 Å². The van der Waals surface area contributed by atoms with Crippen LogP contribution in [0.2, 0.25) is 10.0 Å². The van der Waals surface area contributed by atoms with Gasteiger partial charge in [-0.25, -0.2) is 24.3 Å². The van der Waals surface area contributed by atoms with Crippen LogP contribution in [-0.4, -0.2) is 47.2 Å². The maximum atomic E-state index is 12.9. The zero-order chi connectivity index (χ0) is 30.3. The van der Waals surface area contributed by atoms with Crippen molar-refractivity contribution in [2.75, 3.05) is 5.32 Å². The highest BCUT2D eigenvalue weighted by atomic mass is 35.5. The molecule has 0 bridgehead atoms. The quantitative estimate of drug-likeness (QED) is 0.226. The van der Waals surface area contributed by atoms with Crippen molar-refractivity contribution in [3.8, 4) is 0 Å². The van der Waals surface area contributed by atoms with Gasteiger partial charge in [0.15, 0.2) is 0 Å². The maximum Gasteiger partial charge on any atom is 0.495 e. The number of nitrogens with one attached hydrogen (secondary N) is 2. The fourth-order valence-electron chi connectivity index (χ4n) is 4.02. The van der Waals surface area contributed by atoms with Crippen molar-refractivity contribution in [1.82, 2.24) is 10.3 Å². The summed E-state index contributed by atoms with van der Waals surface area (Å²) in [7, 11) is 0.